The van der Waals surface area contributed by atoms with E-state index in [0.717, 1.165) is 0 Å². The molecule has 30 heavy (non-hydrogen) atoms. The molecule has 3 heteroatoms. The van der Waals surface area contributed by atoms with Gasteiger partial charge in [0.15, 0.2) is 0 Å². The van der Waals surface area contributed by atoms with Crippen molar-refractivity contribution in [3.05, 3.63) is 114 Å². The highest BCUT2D eigenvalue weighted by Gasteiger charge is 2.70. The molecule has 1 saturated carbocycles. The summed E-state index contributed by atoms with van der Waals surface area (Å²) in [5, 5.41) is 0. The van der Waals surface area contributed by atoms with E-state index >= 15 is 0 Å². The fraction of sp³-hybridized carbons (Fsp3) is 0.185. The van der Waals surface area contributed by atoms with E-state index in [1.165, 1.54) is 16.0 Å². The van der Waals surface area contributed by atoms with Crippen LogP contribution >= 0.6 is 0 Å². The number of allylic oxidation sites excluding steroid dienone is 2. The van der Waals surface area contributed by atoms with Crippen LogP contribution in [0.5, 0.6) is 0 Å². The van der Waals surface area contributed by atoms with Crippen molar-refractivity contribution in [1.29, 1.82) is 0 Å². The Hall–Kier alpha value is -3.46. The number of imide groups is 1. The zero-order valence-corrected chi connectivity index (χ0v) is 16.4. The second kappa shape index (κ2) is 6.27. The average molecular weight is 391 g/mol. The molecule has 1 heterocycles. The minimum absolute atomic E-state index is 0.0394. The zero-order valence-electron chi connectivity index (χ0n) is 16.4. The first kappa shape index (κ1) is 17.4. The zero-order chi connectivity index (χ0) is 20.3. The van der Waals surface area contributed by atoms with Crippen molar-refractivity contribution in [2.24, 2.45) is 23.7 Å². The average Bonchev–Trinajstić information content (AvgIpc) is 3.41. The molecule has 4 atom stereocenters. The van der Waals surface area contributed by atoms with Gasteiger partial charge in [0.25, 0.3) is 0 Å². The summed E-state index contributed by atoms with van der Waals surface area (Å²) in [5.41, 5.74) is 2.65. The largest absolute Gasteiger partial charge is 0.274 e. The molecular formula is C27H21NO2. The number of para-hydroxylation sites is 1. The number of hydrogen-bond acceptors (Lipinski definition) is 2. The van der Waals surface area contributed by atoms with Crippen molar-refractivity contribution in [1.82, 2.24) is 0 Å². The van der Waals surface area contributed by atoms with Crippen molar-refractivity contribution in [2.45, 2.75) is 5.41 Å². The van der Waals surface area contributed by atoms with Crippen molar-refractivity contribution in [3.8, 4) is 0 Å². The van der Waals surface area contributed by atoms with Crippen LogP contribution < -0.4 is 4.90 Å². The maximum atomic E-state index is 13.6. The fourth-order valence-electron chi connectivity index (χ4n) is 6.23. The lowest BCUT2D eigenvalue weighted by atomic mass is 9.65. The Morgan fingerprint density at radius 3 is 1.40 bits per heavy atom. The molecule has 146 valence electrons. The molecule has 3 aliphatic rings. The van der Waals surface area contributed by atoms with Crippen LogP contribution in [0, 0.1) is 23.7 Å². The summed E-state index contributed by atoms with van der Waals surface area (Å²) in [7, 11) is 0. The predicted octanol–water partition coefficient (Wildman–Crippen LogP) is 4.59. The molecule has 2 aliphatic carbocycles. The SMILES string of the molecule is O=C1C2C(C(=O)N1c1ccccc1)[C@@H]1C=C[C@H]2C1(c1ccccc1)c1ccccc1. The Morgan fingerprint density at radius 1 is 0.567 bits per heavy atom. The van der Waals surface area contributed by atoms with Gasteiger partial charge < -0.3 is 0 Å². The molecule has 2 fully saturated rings. The third kappa shape index (κ3) is 2.05. The van der Waals surface area contributed by atoms with Crippen molar-refractivity contribution >= 4 is 17.5 Å². The second-order valence-corrected chi connectivity index (χ2v) is 8.44. The van der Waals surface area contributed by atoms with Crippen LogP contribution in [0.15, 0.2) is 103 Å². The molecule has 2 amide bonds. The van der Waals surface area contributed by atoms with Gasteiger partial charge in [-0.15, -0.1) is 0 Å². The van der Waals surface area contributed by atoms with E-state index < -0.39 is 0 Å². The van der Waals surface area contributed by atoms with Crippen molar-refractivity contribution in [2.75, 3.05) is 4.90 Å². The highest BCUT2D eigenvalue weighted by Crippen LogP contribution is 2.66. The van der Waals surface area contributed by atoms with Crippen LogP contribution in [0.25, 0.3) is 0 Å². The first-order chi connectivity index (χ1) is 14.7. The second-order valence-electron chi connectivity index (χ2n) is 8.44. The summed E-state index contributed by atoms with van der Waals surface area (Å²) < 4.78 is 0. The highest BCUT2D eigenvalue weighted by atomic mass is 16.2. The lowest BCUT2D eigenvalue weighted by molar-refractivity contribution is -0.123. The molecule has 3 aromatic carbocycles. The van der Waals surface area contributed by atoms with Crippen LogP contribution in [0.1, 0.15) is 11.1 Å². The summed E-state index contributed by atoms with van der Waals surface area (Å²) in [6, 6.07) is 30.1. The van der Waals surface area contributed by atoms with E-state index in [2.05, 4.69) is 36.4 Å². The lowest BCUT2D eigenvalue weighted by Gasteiger charge is -2.38. The number of rotatable bonds is 3. The Morgan fingerprint density at radius 2 is 0.967 bits per heavy atom. The van der Waals surface area contributed by atoms with Crippen molar-refractivity contribution in [3.63, 3.8) is 0 Å². The third-order valence-electron chi connectivity index (χ3n) is 7.27. The van der Waals surface area contributed by atoms with Crippen LogP contribution in [0.2, 0.25) is 0 Å². The number of nitrogens with zero attached hydrogens (tertiary/aromatic N) is 1. The van der Waals surface area contributed by atoms with E-state index in [0.29, 0.717) is 5.69 Å². The smallest absolute Gasteiger partial charge is 0.238 e. The number of fused-ring (bicyclic) bond motifs is 5. The molecule has 1 aliphatic heterocycles. The summed E-state index contributed by atoms with van der Waals surface area (Å²) >= 11 is 0. The minimum Gasteiger partial charge on any atom is -0.274 e. The summed E-state index contributed by atoms with van der Waals surface area (Å²) in [6.07, 6.45) is 4.37. The van der Waals surface area contributed by atoms with Crippen LogP contribution in [0.3, 0.4) is 0 Å². The van der Waals surface area contributed by atoms with Crippen LogP contribution in [0.4, 0.5) is 5.69 Å². The molecule has 1 saturated heterocycles. The third-order valence-corrected chi connectivity index (χ3v) is 7.27. The summed E-state index contributed by atoms with van der Waals surface area (Å²) in [5.74, 6) is -0.861. The van der Waals surface area contributed by atoms with Gasteiger partial charge in [0, 0.05) is 17.3 Å². The number of amides is 2. The molecule has 0 spiro atoms. The van der Waals surface area contributed by atoms with Gasteiger partial charge in [-0.3, -0.25) is 14.5 Å². The lowest BCUT2D eigenvalue weighted by Crippen LogP contribution is -2.41. The maximum Gasteiger partial charge on any atom is 0.238 e. The molecule has 0 N–H and O–H groups in total. The number of carbonyl (C=O) groups excluding carboxylic acids is 2. The van der Waals surface area contributed by atoms with E-state index in [-0.39, 0.29) is 40.9 Å². The quantitative estimate of drug-likeness (QED) is 0.484. The van der Waals surface area contributed by atoms with E-state index in [1.807, 2.05) is 66.7 Å². The summed E-state index contributed by atoms with van der Waals surface area (Å²) in [6.45, 7) is 0. The van der Waals surface area contributed by atoms with Gasteiger partial charge in [-0.05, 0) is 23.3 Å². The van der Waals surface area contributed by atoms with Gasteiger partial charge in [-0.25, -0.2) is 0 Å². The number of hydrogen-bond donors (Lipinski definition) is 0. The first-order valence-electron chi connectivity index (χ1n) is 10.5. The minimum atomic E-state index is -0.383. The summed E-state index contributed by atoms with van der Waals surface area (Å²) in [4.78, 5) is 28.6. The van der Waals surface area contributed by atoms with Gasteiger partial charge in [-0.1, -0.05) is 91.0 Å². The Labute approximate surface area is 175 Å². The standard InChI is InChI=1S/C27H21NO2/c29-25-23-21-16-17-22(24(23)26(30)28(25)20-14-8-3-9-15-20)27(21,18-10-4-1-5-11-18)19-12-6-2-7-13-19/h1-17,21-24H/t21-,22+,23?,24?. The maximum absolute atomic E-state index is 13.6. The number of carbonyl (C=O) groups is 2. The predicted molar refractivity (Wildman–Crippen MR) is 116 cm³/mol. The molecule has 6 rings (SSSR count). The van der Waals surface area contributed by atoms with Gasteiger partial charge in [0.2, 0.25) is 11.8 Å². The van der Waals surface area contributed by atoms with E-state index in [1.54, 1.807) is 0 Å². The molecule has 2 bridgehead atoms. The Kier molecular flexibility index (Phi) is 3.64. The molecule has 3 aromatic rings. The van der Waals surface area contributed by atoms with Crippen LogP contribution in [-0.4, -0.2) is 11.8 Å². The highest BCUT2D eigenvalue weighted by molar-refractivity contribution is 6.23. The molecule has 0 radical (unpaired) electrons. The number of benzene rings is 3. The van der Waals surface area contributed by atoms with Gasteiger partial charge in [-0.2, -0.15) is 0 Å². The van der Waals surface area contributed by atoms with Gasteiger partial charge >= 0.3 is 0 Å². The molecular weight excluding hydrogens is 370 g/mol. The molecule has 2 unspecified atom stereocenters. The van der Waals surface area contributed by atoms with Crippen molar-refractivity contribution < 1.29 is 9.59 Å². The van der Waals surface area contributed by atoms with Crippen LogP contribution in [-0.2, 0) is 15.0 Å². The normalized spacial score (nSPS) is 28.2. The molecule has 3 nitrogen and oxygen atoms in total. The topological polar surface area (TPSA) is 37.4 Å². The van der Waals surface area contributed by atoms with E-state index in [4.69, 9.17) is 0 Å². The Bertz CT molecular complexity index is 1080. The fourth-order valence-corrected chi connectivity index (χ4v) is 6.23. The molecule has 0 aromatic heterocycles. The first-order valence-corrected chi connectivity index (χ1v) is 10.5. The Balaban J connectivity index is 1.53. The van der Waals surface area contributed by atoms with Gasteiger partial charge in [0.05, 0.1) is 17.5 Å². The van der Waals surface area contributed by atoms with E-state index in [9.17, 15) is 9.59 Å². The van der Waals surface area contributed by atoms with Gasteiger partial charge in [0.1, 0.15) is 0 Å². The monoisotopic (exact) mass is 391 g/mol. The number of anilines is 1.